The Morgan fingerprint density at radius 1 is 1.31 bits per heavy atom. The minimum atomic E-state index is 0.339. The Labute approximate surface area is 105 Å². The molecular formula is C12H13Cl2NO. The van der Waals surface area contributed by atoms with Gasteiger partial charge in [0.05, 0.1) is 22.8 Å². The van der Waals surface area contributed by atoms with Crippen LogP contribution in [-0.4, -0.2) is 19.2 Å². The number of hydrogen-bond donors (Lipinski definition) is 1. The van der Waals surface area contributed by atoms with Gasteiger partial charge in [-0.3, -0.25) is 0 Å². The van der Waals surface area contributed by atoms with Crippen LogP contribution in [0.25, 0.3) is 0 Å². The number of hydrogen-bond acceptors (Lipinski definition) is 2. The van der Waals surface area contributed by atoms with E-state index < -0.39 is 0 Å². The summed E-state index contributed by atoms with van der Waals surface area (Å²) < 4.78 is 5.86. The van der Waals surface area contributed by atoms with Crippen LogP contribution in [-0.2, 0) is 11.3 Å². The van der Waals surface area contributed by atoms with E-state index in [4.69, 9.17) is 27.9 Å². The number of fused-ring (bicyclic) bond motifs is 3. The van der Waals surface area contributed by atoms with Gasteiger partial charge in [-0.05, 0) is 24.6 Å². The first-order chi connectivity index (χ1) is 7.77. The summed E-state index contributed by atoms with van der Waals surface area (Å²) in [5.74, 6) is 0.423. The van der Waals surface area contributed by atoms with E-state index in [0.717, 1.165) is 25.1 Å². The van der Waals surface area contributed by atoms with Crippen LogP contribution in [0.1, 0.15) is 23.5 Å². The fourth-order valence-corrected chi connectivity index (χ4v) is 3.04. The molecule has 2 aliphatic rings. The van der Waals surface area contributed by atoms with E-state index in [9.17, 15) is 0 Å². The maximum absolute atomic E-state index is 6.21. The Bertz CT molecular complexity index is 422. The van der Waals surface area contributed by atoms with E-state index >= 15 is 0 Å². The molecule has 0 unspecified atom stereocenters. The van der Waals surface area contributed by atoms with Crippen molar-refractivity contribution in [2.45, 2.75) is 25.0 Å². The monoisotopic (exact) mass is 257 g/mol. The minimum absolute atomic E-state index is 0.339. The van der Waals surface area contributed by atoms with Crippen molar-refractivity contribution >= 4 is 23.2 Å². The first kappa shape index (κ1) is 10.8. The largest absolute Gasteiger partial charge is 0.373 e. The predicted molar refractivity (Wildman–Crippen MR) is 65.3 cm³/mol. The molecule has 2 aliphatic heterocycles. The van der Waals surface area contributed by atoms with Gasteiger partial charge in [0.25, 0.3) is 0 Å². The number of benzene rings is 1. The van der Waals surface area contributed by atoms with Crippen molar-refractivity contribution in [1.29, 1.82) is 0 Å². The average Bonchev–Trinajstić information content (AvgIpc) is 2.33. The van der Waals surface area contributed by atoms with Crippen molar-refractivity contribution in [3.63, 3.8) is 0 Å². The van der Waals surface area contributed by atoms with Crippen molar-refractivity contribution < 1.29 is 4.74 Å². The molecule has 1 aromatic carbocycles. The van der Waals surface area contributed by atoms with E-state index in [1.165, 1.54) is 5.56 Å². The lowest BCUT2D eigenvalue weighted by atomic mass is 9.84. The van der Waals surface area contributed by atoms with Gasteiger partial charge in [0.2, 0.25) is 0 Å². The van der Waals surface area contributed by atoms with Gasteiger partial charge in [-0.1, -0.05) is 29.3 Å². The number of halogens is 2. The molecule has 16 heavy (non-hydrogen) atoms. The Hall–Kier alpha value is -0.280. The molecule has 3 rings (SSSR count). The Balaban J connectivity index is 2.05. The van der Waals surface area contributed by atoms with Crippen molar-refractivity contribution in [2.75, 3.05) is 13.1 Å². The molecule has 1 fully saturated rings. The van der Waals surface area contributed by atoms with Crippen molar-refractivity contribution in [2.24, 2.45) is 0 Å². The summed E-state index contributed by atoms with van der Waals surface area (Å²) in [6.07, 6.45) is 1.41. The first-order valence-corrected chi connectivity index (χ1v) is 6.32. The Kier molecular flexibility index (Phi) is 2.84. The van der Waals surface area contributed by atoms with Crippen LogP contribution in [0, 0.1) is 0 Å². The lowest BCUT2D eigenvalue weighted by Crippen LogP contribution is -2.42. The van der Waals surface area contributed by atoms with Gasteiger partial charge in [0.1, 0.15) is 0 Å². The molecule has 0 radical (unpaired) electrons. The SMILES string of the molecule is Clc1ccc2c(c1Cl)CO[C@@H]1CCNC[C@H]21. The van der Waals surface area contributed by atoms with Gasteiger partial charge in [-0.25, -0.2) is 0 Å². The third-order valence-corrected chi connectivity index (χ3v) is 4.34. The lowest BCUT2D eigenvalue weighted by Gasteiger charge is -2.37. The number of rotatable bonds is 0. The van der Waals surface area contributed by atoms with Crippen LogP contribution in [0.2, 0.25) is 10.0 Å². The number of piperidine rings is 1. The van der Waals surface area contributed by atoms with Gasteiger partial charge in [-0.2, -0.15) is 0 Å². The summed E-state index contributed by atoms with van der Waals surface area (Å²) in [6.45, 7) is 2.60. The molecule has 2 atom stereocenters. The summed E-state index contributed by atoms with van der Waals surface area (Å²) in [5, 5.41) is 4.68. The van der Waals surface area contributed by atoms with Crippen molar-refractivity contribution in [3.8, 4) is 0 Å². The van der Waals surface area contributed by atoms with Gasteiger partial charge in [0.15, 0.2) is 0 Å². The standard InChI is InChI=1S/C12H13Cl2NO/c13-10-2-1-7-8-5-15-4-3-11(8)16-6-9(7)12(10)14/h1-2,8,11,15H,3-6H2/t8-,11-/m1/s1. The highest BCUT2D eigenvalue weighted by atomic mass is 35.5. The lowest BCUT2D eigenvalue weighted by molar-refractivity contribution is -0.00674. The summed E-state index contributed by atoms with van der Waals surface area (Å²) in [7, 11) is 0. The molecule has 4 heteroatoms. The van der Waals surface area contributed by atoms with Crippen LogP contribution >= 0.6 is 23.2 Å². The molecule has 0 amide bonds. The summed E-state index contributed by atoms with van der Waals surface area (Å²) in [4.78, 5) is 0. The molecule has 0 spiro atoms. The number of ether oxygens (including phenoxy) is 1. The van der Waals surface area contributed by atoms with Gasteiger partial charge in [-0.15, -0.1) is 0 Å². The first-order valence-electron chi connectivity index (χ1n) is 5.56. The van der Waals surface area contributed by atoms with Gasteiger partial charge in [0, 0.05) is 18.0 Å². The van der Waals surface area contributed by atoms with Crippen molar-refractivity contribution in [1.82, 2.24) is 5.32 Å². The van der Waals surface area contributed by atoms with Crippen LogP contribution in [0.4, 0.5) is 0 Å². The van der Waals surface area contributed by atoms with E-state index in [0.29, 0.717) is 28.7 Å². The molecule has 1 saturated heterocycles. The quantitative estimate of drug-likeness (QED) is 0.772. The minimum Gasteiger partial charge on any atom is -0.373 e. The maximum Gasteiger partial charge on any atom is 0.0738 e. The van der Waals surface area contributed by atoms with Crippen LogP contribution in [0.5, 0.6) is 0 Å². The molecule has 0 aromatic heterocycles. The zero-order chi connectivity index (χ0) is 11.1. The third kappa shape index (κ3) is 1.65. The fourth-order valence-electron chi connectivity index (χ4n) is 2.64. The second-order valence-electron chi connectivity index (χ2n) is 4.38. The predicted octanol–water partition coefficient (Wildman–Crippen LogP) is 2.97. The average molecular weight is 258 g/mol. The molecule has 0 aliphatic carbocycles. The molecule has 1 N–H and O–H groups in total. The highest BCUT2D eigenvalue weighted by Gasteiger charge is 2.33. The maximum atomic E-state index is 6.21. The van der Waals surface area contributed by atoms with Crippen LogP contribution < -0.4 is 5.32 Å². The van der Waals surface area contributed by atoms with Crippen LogP contribution in [0.3, 0.4) is 0 Å². The van der Waals surface area contributed by atoms with E-state index in [1.807, 2.05) is 6.07 Å². The summed E-state index contributed by atoms with van der Waals surface area (Å²) in [5.41, 5.74) is 2.37. The molecule has 0 saturated carbocycles. The highest BCUT2D eigenvalue weighted by molar-refractivity contribution is 6.42. The normalized spacial score (nSPS) is 28.4. The zero-order valence-electron chi connectivity index (χ0n) is 8.80. The molecule has 0 bridgehead atoms. The zero-order valence-corrected chi connectivity index (χ0v) is 10.3. The van der Waals surface area contributed by atoms with E-state index in [2.05, 4.69) is 11.4 Å². The molecular weight excluding hydrogens is 245 g/mol. The Morgan fingerprint density at radius 3 is 3.06 bits per heavy atom. The third-order valence-electron chi connectivity index (χ3n) is 3.49. The smallest absolute Gasteiger partial charge is 0.0738 e. The summed E-state index contributed by atoms with van der Waals surface area (Å²) >= 11 is 12.2. The Morgan fingerprint density at radius 2 is 2.19 bits per heavy atom. The van der Waals surface area contributed by atoms with Gasteiger partial charge < -0.3 is 10.1 Å². The molecule has 2 heterocycles. The highest BCUT2D eigenvalue weighted by Crippen LogP contribution is 2.39. The summed E-state index contributed by atoms with van der Waals surface area (Å²) in [6, 6.07) is 3.98. The van der Waals surface area contributed by atoms with Crippen LogP contribution in [0.15, 0.2) is 12.1 Å². The molecule has 1 aromatic rings. The second-order valence-corrected chi connectivity index (χ2v) is 5.16. The molecule has 86 valence electrons. The number of nitrogens with one attached hydrogen (secondary N) is 1. The van der Waals surface area contributed by atoms with E-state index in [-0.39, 0.29) is 0 Å². The second kappa shape index (κ2) is 4.19. The van der Waals surface area contributed by atoms with Gasteiger partial charge >= 0.3 is 0 Å². The van der Waals surface area contributed by atoms with E-state index in [1.54, 1.807) is 0 Å². The fraction of sp³-hybridized carbons (Fsp3) is 0.500. The van der Waals surface area contributed by atoms with Crippen molar-refractivity contribution in [3.05, 3.63) is 33.3 Å². The molecule has 2 nitrogen and oxygen atoms in total. The topological polar surface area (TPSA) is 21.3 Å².